The van der Waals surface area contributed by atoms with Gasteiger partial charge in [-0.05, 0) is 6.26 Å². The molecule has 0 amide bonds. The fourth-order valence-corrected chi connectivity index (χ4v) is 1.23. The summed E-state index contributed by atoms with van der Waals surface area (Å²) in [5.74, 6) is -0.625. The highest BCUT2D eigenvalue weighted by atomic mass is 32.2. The minimum absolute atomic E-state index is 0.0213. The van der Waals surface area contributed by atoms with E-state index in [0.29, 0.717) is 11.0 Å². The van der Waals surface area contributed by atoms with Crippen molar-refractivity contribution in [3.05, 3.63) is 11.8 Å². The van der Waals surface area contributed by atoms with E-state index in [2.05, 4.69) is 9.97 Å². The quantitative estimate of drug-likeness (QED) is 0.596. The first-order valence-corrected chi connectivity index (χ1v) is 5.10. The molecule has 0 aromatic carbocycles. The largest absolute Gasteiger partial charge is 0.477 e. The van der Waals surface area contributed by atoms with Gasteiger partial charge >= 0.3 is 5.97 Å². The lowest BCUT2D eigenvalue weighted by Gasteiger charge is -2.11. The summed E-state index contributed by atoms with van der Waals surface area (Å²) in [7, 11) is 3.54. The highest BCUT2D eigenvalue weighted by molar-refractivity contribution is 7.98. The molecule has 1 aromatic heterocycles. The molecular formula is C8H11N3O2S. The van der Waals surface area contributed by atoms with Gasteiger partial charge in [0, 0.05) is 20.2 Å². The van der Waals surface area contributed by atoms with Gasteiger partial charge in [0.15, 0.2) is 5.69 Å². The van der Waals surface area contributed by atoms with Crippen LogP contribution in [0.5, 0.6) is 0 Å². The summed E-state index contributed by atoms with van der Waals surface area (Å²) in [5, 5.41) is 9.45. The van der Waals surface area contributed by atoms with Gasteiger partial charge in [0.2, 0.25) is 5.95 Å². The predicted molar refractivity (Wildman–Crippen MR) is 55.1 cm³/mol. The normalized spacial score (nSPS) is 9.93. The number of carboxylic acids is 1. The van der Waals surface area contributed by atoms with E-state index in [1.54, 1.807) is 19.0 Å². The van der Waals surface area contributed by atoms with E-state index in [0.717, 1.165) is 0 Å². The van der Waals surface area contributed by atoms with Gasteiger partial charge in [0.25, 0.3) is 0 Å². The van der Waals surface area contributed by atoms with Crippen molar-refractivity contribution in [1.82, 2.24) is 9.97 Å². The Kier molecular flexibility index (Phi) is 3.29. The summed E-state index contributed by atoms with van der Waals surface area (Å²) in [5.41, 5.74) is 0.0213. The van der Waals surface area contributed by atoms with Gasteiger partial charge in [-0.3, -0.25) is 0 Å². The average molecular weight is 213 g/mol. The third kappa shape index (κ3) is 2.35. The molecule has 1 aromatic rings. The molecule has 0 atom stereocenters. The highest BCUT2D eigenvalue weighted by Crippen LogP contribution is 2.16. The van der Waals surface area contributed by atoms with Gasteiger partial charge in [-0.15, -0.1) is 11.8 Å². The predicted octanol–water partition coefficient (Wildman–Crippen LogP) is 0.963. The molecule has 1 rings (SSSR count). The van der Waals surface area contributed by atoms with E-state index < -0.39 is 5.97 Å². The van der Waals surface area contributed by atoms with Crippen LogP contribution >= 0.6 is 11.8 Å². The topological polar surface area (TPSA) is 66.3 Å². The standard InChI is InChI=1S/C8H11N3O2S/c1-11(2)8-9-5(7(12)13)4-6(10-8)14-3/h4H,1-3H3,(H,12,13). The van der Waals surface area contributed by atoms with E-state index in [-0.39, 0.29) is 5.69 Å². The van der Waals surface area contributed by atoms with E-state index in [4.69, 9.17) is 5.11 Å². The van der Waals surface area contributed by atoms with E-state index in [1.807, 2.05) is 6.26 Å². The number of thioether (sulfide) groups is 1. The second kappa shape index (κ2) is 4.28. The van der Waals surface area contributed by atoms with Crippen molar-refractivity contribution in [3.63, 3.8) is 0 Å². The molecule has 14 heavy (non-hydrogen) atoms. The molecule has 0 saturated carbocycles. The monoisotopic (exact) mass is 213 g/mol. The number of anilines is 1. The SMILES string of the molecule is CSc1cc(C(=O)O)nc(N(C)C)n1. The minimum atomic E-state index is -1.04. The minimum Gasteiger partial charge on any atom is -0.477 e. The van der Waals surface area contributed by atoms with Crippen molar-refractivity contribution in [3.8, 4) is 0 Å². The summed E-state index contributed by atoms with van der Waals surface area (Å²) in [4.78, 5) is 20.4. The van der Waals surface area contributed by atoms with E-state index in [1.165, 1.54) is 17.8 Å². The van der Waals surface area contributed by atoms with Gasteiger partial charge in [-0.1, -0.05) is 0 Å². The number of rotatable bonds is 3. The fourth-order valence-electron chi connectivity index (χ4n) is 0.827. The van der Waals surface area contributed by atoms with Crippen LogP contribution in [0, 0.1) is 0 Å². The zero-order valence-electron chi connectivity index (χ0n) is 8.18. The number of hydrogen-bond donors (Lipinski definition) is 1. The molecule has 0 bridgehead atoms. The Morgan fingerprint density at radius 3 is 2.57 bits per heavy atom. The van der Waals surface area contributed by atoms with Crippen molar-refractivity contribution < 1.29 is 9.90 Å². The summed E-state index contributed by atoms with van der Waals surface area (Å²) < 4.78 is 0. The summed E-state index contributed by atoms with van der Waals surface area (Å²) in [6.45, 7) is 0. The van der Waals surface area contributed by atoms with Gasteiger partial charge in [0.05, 0.1) is 0 Å². The van der Waals surface area contributed by atoms with Gasteiger partial charge in [0.1, 0.15) is 5.03 Å². The summed E-state index contributed by atoms with van der Waals surface area (Å²) in [6.07, 6.45) is 1.84. The third-order valence-corrected chi connectivity index (χ3v) is 2.15. The first-order chi connectivity index (χ1) is 6.54. The molecule has 0 radical (unpaired) electrons. The Morgan fingerprint density at radius 1 is 1.50 bits per heavy atom. The lowest BCUT2D eigenvalue weighted by atomic mass is 10.4. The molecule has 0 saturated heterocycles. The Labute approximate surface area is 86.2 Å². The number of carbonyl (C=O) groups is 1. The number of hydrogen-bond acceptors (Lipinski definition) is 5. The van der Waals surface area contributed by atoms with Crippen molar-refractivity contribution in [2.75, 3.05) is 25.3 Å². The van der Waals surface area contributed by atoms with Crippen LogP contribution in [0.4, 0.5) is 5.95 Å². The zero-order chi connectivity index (χ0) is 10.7. The van der Waals surface area contributed by atoms with Gasteiger partial charge in [-0.25, -0.2) is 14.8 Å². The Morgan fingerprint density at radius 2 is 2.14 bits per heavy atom. The van der Waals surface area contributed by atoms with Crippen LogP contribution in [-0.2, 0) is 0 Å². The number of carboxylic acid groups (broad SMARTS) is 1. The maximum atomic E-state index is 10.7. The van der Waals surface area contributed by atoms with E-state index in [9.17, 15) is 4.79 Å². The Bertz CT molecular complexity index is 354. The second-order valence-corrected chi connectivity index (χ2v) is 3.62. The average Bonchev–Trinajstić information content (AvgIpc) is 2.16. The number of nitrogens with zero attached hydrogens (tertiary/aromatic N) is 3. The van der Waals surface area contributed by atoms with Crippen LogP contribution in [0.2, 0.25) is 0 Å². The summed E-state index contributed by atoms with van der Waals surface area (Å²) in [6, 6.07) is 1.46. The third-order valence-electron chi connectivity index (χ3n) is 1.52. The molecular weight excluding hydrogens is 202 g/mol. The molecule has 0 aliphatic rings. The van der Waals surface area contributed by atoms with Crippen LogP contribution in [0.3, 0.4) is 0 Å². The van der Waals surface area contributed by atoms with Crippen molar-refractivity contribution in [2.24, 2.45) is 0 Å². The first kappa shape index (κ1) is 10.8. The number of aromatic nitrogens is 2. The maximum Gasteiger partial charge on any atom is 0.354 e. The molecule has 0 fully saturated rings. The van der Waals surface area contributed by atoms with Crippen molar-refractivity contribution in [1.29, 1.82) is 0 Å². The van der Waals surface area contributed by atoms with Crippen LogP contribution in [0.25, 0.3) is 0 Å². The molecule has 0 aliphatic heterocycles. The summed E-state index contributed by atoms with van der Waals surface area (Å²) >= 11 is 1.39. The molecule has 76 valence electrons. The van der Waals surface area contributed by atoms with Gasteiger partial charge < -0.3 is 10.0 Å². The van der Waals surface area contributed by atoms with Crippen molar-refractivity contribution in [2.45, 2.75) is 5.03 Å². The molecule has 0 unspecified atom stereocenters. The van der Waals surface area contributed by atoms with E-state index >= 15 is 0 Å². The Balaban J connectivity index is 3.20. The second-order valence-electron chi connectivity index (χ2n) is 2.80. The van der Waals surface area contributed by atoms with Crippen LogP contribution in [0.15, 0.2) is 11.1 Å². The fraction of sp³-hybridized carbons (Fsp3) is 0.375. The highest BCUT2D eigenvalue weighted by Gasteiger charge is 2.10. The number of aromatic carboxylic acids is 1. The molecule has 0 spiro atoms. The molecule has 6 heteroatoms. The molecule has 5 nitrogen and oxygen atoms in total. The lowest BCUT2D eigenvalue weighted by Crippen LogP contribution is -2.15. The maximum absolute atomic E-state index is 10.7. The zero-order valence-corrected chi connectivity index (χ0v) is 9.00. The van der Waals surface area contributed by atoms with Gasteiger partial charge in [-0.2, -0.15) is 0 Å². The van der Waals surface area contributed by atoms with Crippen LogP contribution in [0.1, 0.15) is 10.5 Å². The lowest BCUT2D eigenvalue weighted by molar-refractivity contribution is 0.0690. The Hall–Kier alpha value is -1.30. The smallest absolute Gasteiger partial charge is 0.354 e. The van der Waals surface area contributed by atoms with Crippen LogP contribution < -0.4 is 4.90 Å². The first-order valence-electron chi connectivity index (χ1n) is 3.88. The molecule has 1 N–H and O–H groups in total. The van der Waals surface area contributed by atoms with Crippen molar-refractivity contribution >= 4 is 23.7 Å². The molecule has 0 aliphatic carbocycles. The van der Waals surface area contributed by atoms with Crippen LogP contribution in [-0.4, -0.2) is 41.4 Å². The molecule has 1 heterocycles.